The fourth-order valence-electron chi connectivity index (χ4n) is 1.59. The Morgan fingerprint density at radius 1 is 1.44 bits per heavy atom. The Morgan fingerprint density at radius 2 is 2.19 bits per heavy atom. The van der Waals surface area contributed by atoms with Gasteiger partial charge in [-0.2, -0.15) is 0 Å². The van der Waals surface area contributed by atoms with Crippen molar-refractivity contribution in [3.05, 3.63) is 24.3 Å². The van der Waals surface area contributed by atoms with Crippen molar-refractivity contribution in [2.45, 2.75) is 0 Å². The van der Waals surface area contributed by atoms with Crippen LogP contribution < -0.4 is 10.6 Å². The van der Waals surface area contributed by atoms with Gasteiger partial charge in [-0.15, -0.1) is 0 Å². The number of amides is 1. The lowest BCUT2D eigenvalue weighted by Gasteiger charge is -2.03. The predicted molar refractivity (Wildman–Crippen MR) is 63.3 cm³/mol. The van der Waals surface area contributed by atoms with Crippen molar-refractivity contribution >= 4 is 22.9 Å². The van der Waals surface area contributed by atoms with Crippen molar-refractivity contribution in [3.63, 3.8) is 0 Å². The number of carbonyl (C=O) groups is 1. The van der Waals surface area contributed by atoms with E-state index in [4.69, 9.17) is 0 Å². The van der Waals surface area contributed by atoms with Crippen LogP contribution in [0, 0.1) is 0 Å². The van der Waals surface area contributed by atoms with Crippen molar-refractivity contribution in [2.75, 3.05) is 18.9 Å². The minimum Gasteiger partial charge on any atom is -0.313 e. The highest BCUT2D eigenvalue weighted by atomic mass is 16.2. The van der Waals surface area contributed by atoms with Crippen LogP contribution in [0.25, 0.3) is 11.0 Å². The maximum atomic E-state index is 11.4. The molecule has 5 nitrogen and oxygen atoms in total. The second-order valence-corrected chi connectivity index (χ2v) is 3.56. The molecule has 0 spiro atoms. The summed E-state index contributed by atoms with van der Waals surface area (Å²) in [6.45, 7) is 0.281. The number of benzene rings is 1. The van der Waals surface area contributed by atoms with Crippen LogP contribution >= 0.6 is 0 Å². The Kier molecular flexibility index (Phi) is 2.87. The summed E-state index contributed by atoms with van der Waals surface area (Å²) in [5.41, 5.74) is 1.88. The highest BCUT2D eigenvalue weighted by Gasteiger charge is 2.09. The van der Waals surface area contributed by atoms with E-state index in [9.17, 15) is 4.79 Å². The molecule has 0 atom stereocenters. The molecule has 1 aromatic carbocycles. The molecule has 0 aliphatic rings. The quantitative estimate of drug-likeness (QED) is 0.798. The number of imidazole rings is 1. The predicted octanol–water partition coefficient (Wildman–Crippen LogP) is 0.731. The zero-order valence-corrected chi connectivity index (χ0v) is 9.32. The van der Waals surface area contributed by atoms with Gasteiger partial charge in [0.25, 0.3) is 0 Å². The number of aryl methyl sites for hydroxylation is 1. The monoisotopic (exact) mass is 218 g/mol. The minimum atomic E-state index is -0.0964. The van der Waals surface area contributed by atoms with Gasteiger partial charge in [-0.05, 0) is 19.2 Å². The first-order chi connectivity index (χ1) is 7.72. The van der Waals surface area contributed by atoms with Crippen LogP contribution in [0.3, 0.4) is 0 Å². The third-order valence-electron chi connectivity index (χ3n) is 2.38. The summed E-state index contributed by atoms with van der Waals surface area (Å²) in [7, 11) is 3.61. The number of para-hydroxylation sites is 2. The summed E-state index contributed by atoms with van der Waals surface area (Å²) >= 11 is 0. The fraction of sp³-hybridized carbons (Fsp3) is 0.273. The largest absolute Gasteiger partial charge is 0.313 e. The molecule has 0 unspecified atom stereocenters. The lowest BCUT2D eigenvalue weighted by Crippen LogP contribution is -2.26. The van der Waals surface area contributed by atoms with E-state index in [0.29, 0.717) is 5.95 Å². The van der Waals surface area contributed by atoms with Gasteiger partial charge < -0.3 is 9.88 Å². The molecule has 0 fully saturated rings. The van der Waals surface area contributed by atoms with Crippen LogP contribution in [0.15, 0.2) is 24.3 Å². The molecular formula is C11H14N4O. The number of likely N-dealkylation sites (N-methyl/N-ethyl adjacent to an activating group) is 1. The molecule has 0 bridgehead atoms. The SMILES string of the molecule is CNCC(=O)Nc1nc2ccccc2n1C. The molecule has 2 rings (SSSR count). The van der Waals surface area contributed by atoms with Crippen LogP contribution in [0.4, 0.5) is 5.95 Å². The van der Waals surface area contributed by atoms with Crippen molar-refractivity contribution in [2.24, 2.45) is 7.05 Å². The number of carbonyl (C=O) groups excluding carboxylic acids is 1. The third kappa shape index (κ3) is 1.90. The first kappa shape index (κ1) is 10.6. The summed E-state index contributed by atoms with van der Waals surface area (Å²) in [5.74, 6) is 0.474. The molecule has 0 saturated heterocycles. The molecule has 1 heterocycles. The molecule has 0 aliphatic heterocycles. The second-order valence-electron chi connectivity index (χ2n) is 3.56. The molecule has 5 heteroatoms. The van der Waals surface area contributed by atoms with E-state index in [1.807, 2.05) is 35.9 Å². The van der Waals surface area contributed by atoms with E-state index in [1.54, 1.807) is 7.05 Å². The lowest BCUT2D eigenvalue weighted by molar-refractivity contribution is -0.115. The van der Waals surface area contributed by atoms with E-state index in [-0.39, 0.29) is 12.5 Å². The number of rotatable bonds is 3. The number of fused-ring (bicyclic) bond motifs is 1. The first-order valence-electron chi connectivity index (χ1n) is 5.08. The summed E-state index contributed by atoms with van der Waals surface area (Å²) in [5, 5.41) is 5.54. The fourth-order valence-corrected chi connectivity index (χ4v) is 1.59. The highest BCUT2D eigenvalue weighted by molar-refractivity contribution is 5.92. The van der Waals surface area contributed by atoms with Gasteiger partial charge in [-0.1, -0.05) is 12.1 Å². The van der Waals surface area contributed by atoms with Gasteiger partial charge in [0, 0.05) is 7.05 Å². The number of aromatic nitrogens is 2. The number of nitrogens with zero attached hydrogens (tertiary/aromatic N) is 2. The topological polar surface area (TPSA) is 59.0 Å². The van der Waals surface area contributed by atoms with Crippen molar-refractivity contribution in [3.8, 4) is 0 Å². The minimum absolute atomic E-state index is 0.0964. The Hall–Kier alpha value is -1.88. The highest BCUT2D eigenvalue weighted by Crippen LogP contribution is 2.17. The van der Waals surface area contributed by atoms with Gasteiger partial charge in [0.05, 0.1) is 17.6 Å². The molecule has 0 saturated carbocycles. The van der Waals surface area contributed by atoms with E-state index in [1.165, 1.54) is 0 Å². The van der Waals surface area contributed by atoms with Crippen LogP contribution in [0.5, 0.6) is 0 Å². The molecule has 16 heavy (non-hydrogen) atoms. The average Bonchev–Trinajstić information content (AvgIpc) is 2.57. The summed E-state index contributed by atoms with van der Waals surface area (Å²) in [6.07, 6.45) is 0. The van der Waals surface area contributed by atoms with Crippen LogP contribution in [-0.4, -0.2) is 29.1 Å². The number of hydrogen-bond donors (Lipinski definition) is 2. The Morgan fingerprint density at radius 3 is 2.88 bits per heavy atom. The van der Waals surface area contributed by atoms with Gasteiger partial charge in [-0.3, -0.25) is 10.1 Å². The maximum absolute atomic E-state index is 11.4. The molecule has 1 aromatic heterocycles. The van der Waals surface area contributed by atoms with E-state index in [0.717, 1.165) is 11.0 Å². The number of anilines is 1. The van der Waals surface area contributed by atoms with Gasteiger partial charge in [0.15, 0.2) is 0 Å². The van der Waals surface area contributed by atoms with Gasteiger partial charge in [-0.25, -0.2) is 4.98 Å². The molecule has 0 radical (unpaired) electrons. The summed E-state index contributed by atoms with van der Waals surface area (Å²) < 4.78 is 1.86. The molecule has 0 aliphatic carbocycles. The average molecular weight is 218 g/mol. The van der Waals surface area contributed by atoms with Crippen LogP contribution in [-0.2, 0) is 11.8 Å². The van der Waals surface area contributed by atoms with Crippen LogP contribution in [0.2, 0.25) is 0 Å². The Labute approximate surface area is 93.5 Å². The molecule has 1 amide bonds. The van der Waals surface area contributed by atoms with Crippen LogP contribution in [0.1, 0.15) is 0 Å². The van der Waals surface area contributed by atoms with E-state index < -0.39 is 0 Å². The zero-order chi connectivity index (χ0) is 11.5. The van der Waals surface area contributed by atoms with Gasteiger partial charge in [0.2, 0.25) is 11.9 Å². The van der Waals surface area contributed by atoms with E-state index in [2.05, 4.69) is 15.6 Å². The maximum Gasteiger partial charge on any atom is 0.240 e. The molecule has 2 N–H and O–H groups in total. The summed E-state index contributed by atoms with van der Waals surface area (Å²) in [4.78, 5) is 15.8. The molecule has 2 aromatic rings. The lowest BCUT2D eigenvalue weighted by atomic mass is 10.3. The number of nitrogens with one attached hydrogen (secondary N) is 2. The van der Waals surface area contributed by atoms with Crippen molar-refractivity contribution in [1.29, 1.82) is 0 Å². The standard InChI is InChI=1S/C11H14N4O/c1-12-7-10(16)14-11-13-8-5-3-4-6-9(8)15(11)2/h3-6,12H,7H2,1-2H3,(H,13,14,16). The zero-order valence-electron chi connectivity index (χ0n) is 9.32. The smallest absolute Gasteiger partial charge is 0.240 e. The second kappa shape index (κ2) is 4.32. The Bertz CT molecular complexity index is 518. The third-order valence-corrected chi connectivity index (χ3v) is 2.38. The molecular weight excluding hydrogens is 204 g/mol. The first-order valence-corrected chi connectivity index (χ1v) is 5.08. The van der Waals surface area contributed by atoms with E-state index >= 15 is 0 Å². The van der Waals surface area contributed by atoms with Crippen molar-refractivity contribution < 1.29 is 4.79 Å². The number of hydrogen-bond acceptors (Lipinski definition) is 3. The van der Waals surface area contributed by atoms with Crippen molar-refractivity contribution in [1.82, 2.24) is 14.9 Å². The molecule has 84 valence electrons. The van der Waals surface area contributed by atoms with Gasteiger partial charge >= 0.3 is 0 Å². The normalized spacial score (nSPS) is 10.6. The summed E-state index contributed by atoms with van der Waals surface area (Å²) in [6, 6.07) is 7.76. The Balaban J connectivity index is 2.31. The van der Waals surface area contributed by atoms with Gasteiger partial charge in [0.1, 0.15) is 0 Å².